The van der Waals surface area contributed by atoms with E-state index in [-0.39, 0.29) is 0 Å². The summed E-state index contributed by atoms with van der Waals surface area (Å²) >= 11 is 0. The number of rotatable bonds is 5. The smallest absolute Gasteiger partial charge is 0.00683 e. The summed E-state index contributed by atoms with van der Waals surface area (Å²) in [6.07, 6.45) is 6.24. The molecule has 1 aromatic rings. The van der Waals surface area contributed by atoms with Gasteiger partial charge in [-0.2, -0.15) is 0 Å². The quantitative estimate of drug-likeness (QED) is 0.756. The van der Waals surface area contributed by atoms with Gasteiger partial charge in [0.15, 0.2) is 0 Å². The van der Waals surface area contributed by atoms with Crippen molar-refractivity contribution >= 4 is 5.57 Å². The van der Waals surface area contributed by atoms with Crippen molar-refractivity contribution in [1.29, 1.82) is 0 Å². The third-order valence-electron chi connectivity index (χ3n) is 3.42. The predicted molar refractivity (Wildman–Crippen MR) is 75.2 cm³/mol. The molecule has 1 aliphatic carbocycles. The number of nitrogens with one attached hydrogen (secondary N) is 1. The van der Waals surface area contributed by atoms with Crippen LogP contribution >= 0.6 is 0 Å². The molecule has 1 aromatic carbocycles. The number of benzene rings is 1. The molecule has 0 radical (unpaired) electrons. The minimum Gasteiger partial charge on any atom is -0.314 e. The molecule has 1 fully saturated rings. The van der Waals surface area contributed by atoms with E-state index in [4.69, 9.17) is 0 Å². The highest BCUT2D eigenvalue weighted by atomic mass is 14.9. The van der Waals surface area contributed by atoms with Crippen molar-refractivity contribution in [2.24, 2.45) is 0 Å². The molecule has 0 spiro atoms. The fourth-order valence-electron chi connectivity index (χ4n) is 2.13. The SMILES string of the molecule is CC(=CCCNC1CC1)c1cc(C)ccc1C. The van der Waals surface area contributed by atoms with Crippen molar-refractivity contribution < 1.29 is 0 Å². The van der Waals surface area contributed by atoms with Gasteiger partial charge in [0.05, 0.1) is 0 Å². The first-order valence-corrected chi connectivity index (χ1v) is 6.64. The lowest BCUT2D eigenvalue weighted by Gasteiger charge is -2.08. The van der Waals surface area contributed by atoms with Crippen LogP contribution in [0.5, 0.6) is 0 Å². The van der Waals surface area contributed by atoms with E-state index < -0.39 is 0 Å². The van der Waals surface area contributed by atoms with Gasteiger partial charge in [-0.15, -0.1) is 0 Å². The maximum absolute atomic E-state index is 3.54. The van der Waals surface area contributed by atoms with Gasteiger partial charge in [0, 0.05) is 6.04 Å². The molecule has 1 nitrogen and oxygen atoms in total. The molecule has 17 heavy (non-hydrogen) atoms. The number of aryl methyl sites for hydroxylation is 2. The summed E-state index contributed by atoms with van der Waals surface area (Å²) in [4.78, 5) is 0. The molecule has 1 aliphatic rings. The second-order valence-electron chi connectivity index (χ2n) is 5.22. The van der Waals surface area contributed by atoms with Crippen LogP contribution in [0, 0.1) is 13.8 Å². The maximum Gasteiger partial charge on any atom is 0.00683 e. The first kappa shape index (κ1) is 12.4. The molecule has 0 heterocycles. The lowest BCUT2D eigenvalue weighted by molar-refractivity contribution is 0.690. The molecular formula is C16H23N. The Balaban J connectivity index is 1.94. The Hall–Kier alpha value is -1.08. The van der Waals surface area contributed by atoms with E-state index in [1.54, 1.807) is 0 Å². The van der Waals surface area contributed by atoms with Crippen LogP contribution in [0.3, 0.4) is 0 Å². The Bertz CT molecular complexity index is 414. The summed E-state index contributed by atoms with van der Waals surface area (Å²) in [5, 5.41) is 3.54. The third kappa shape index (κ3) is 3.71. The van der Waals surface area contributed by atoms with Crippen LogP contribution in [0.2, 0.25) is 0 Å². The van der Waals surface area contributed by atoms with Crippen molar-refractivity contribution in [2.75, 3.05) is 6.54 Å². The zero-order valence-electron chi connectivity index (χ0n) is 11.2. The van der Waals surface area contributed by atoms with Gasteiger partial charge in [-0.25, -0.2) is 0 Å². The molecule has 0 aromatic heterocycles. The van der Waals surface area contributed by atoms with E-state index in [2.05, 4.69) is 50.4 Å². The van der Waals surface area contributed by atoms with Gasteiger partial charge in [-0.05, 0) is 63.3 Å². The summed E-state index contributed by atoms with van der Waals surface area (Å²) in [7, 11) is 0. The second kappa shape index (κ2) is 5.50. The number of hydrogen-bond donors (Lipinski definition) is 1. The average Bonchev–Trinajstić information content (AvgIpc) is 3.11. The Morgan fingerprint density at radius 2 is 2.12 bits per heavy atom. The second-order valence-corrected chi connectivity index (χ2v) is 5.22. The van der Waals surface area contributed by atoms with Crippen LogP contribution in [0.15, 0.2) is 24.3 Å². The molecule has 0 aliphatic heterocycles. The minimum absolute atomic E-state index is 0.824. The maximum atomic E-state index is 3.54. The molecule has 0 saturated heterocycles. The first-order valence-electron chi connectivity index (χ1n) is 6.64. The van der Waals surface area contributed by atoms with E-state index in [0.717, 1.165) is 19.0 Å². The van der Waals surface area contributed by atoms with Crippen molar-refractivity contribution in [3.8, 4) is 0 Å². The first-order chi connectivity index (χ1) is 8.16. The molecule has 0 unspecified atom stereocenters. The Morgan fingerprint density at radius 3 is 2.82 bits per heavy atom. The minimum atomic E-state index is 0.824. The molecular weight excluding hydrogens is 206 g/mol. The van der Waals surface area contributed by atoms with Gasteiger partial charge in [0.1, 0.15) is 0 Å². The van der Waals surface area contributed by atoms with Crippen molar-refractivity contribution in [3.63, 3.8) is 0 Å². The standard InChI is InChI=1S/C16H23N/c1-12-6-7-14(3)16(11-12)13(2)5-4-10-17-15-8-9-15/h5-7,11,15,17H,4,8-10H2,1-3H3. The Kier molecular flexibility index (Phi) is 4.01. The summed E-state index contributed by atoms with van der Waals surface area (Å²) in [6.45, 7) is 7.69. The lowest BCUT2D eigenvalue weighted by Crippen LogP contribution is -2.16. The summed E-state index contributed by atoms with van der Waals surface area (Å²) < 4.78 is 0. The molecule has 1 saturated carbocycles. The fourth-order valence-corrected chi connectivity index (χ4v) is 2.13. The molecule has 1 N–H and O–H groups in total. The zero-order valence-corrected chi connectivity index (χ0v) is 11.2. The highest BCUT2D eigenvalue weighted by molar-refractivity contribution is 5.67. The monoisotopic (exact) mass is 229 g/mol. The van der Waals surface area contributed by atoms with Crippen LogP contribution in [-0.4, -0.2) is 12.6 Å². The van der Waals surface area contributed by atoms with Gasteiger partial charge in [0.25, 0.3) is 0 Å². The van der Waals surface area contributed by atoms with Crippen LogP contribution in [0.25, 0.3) is 5.57 Å². The lowest BCUT2D eigenvalue weighted by atomic mass is 9.99. The van der Waals surface area contributed by atoms with Gasteiger partial charge in [0.2, 0.25) is 0 Å². The molecule has 2 rings (SSSR count). The van der Waals surface area contributed by atoms with Crippen LogP contribution in [-0.2, 0) is 0 Å². The molecule has 1 heteroatoms. The zero-order chi connectivity index (χ0) is 12.3. The fraction of sp³-hybridized carbons (Fsp3) is 0.500. The molecule has 0 amide bonds. The Morgan fingerprint density at radius 1 is 1.35 bits per heavy atom. The van der Waals surface area contributed by atoms with Crippen LogP contribution < -0.4 is 5.32 Å². The summed E-state index contributed by atoms with van der Waals surface area (Å²) in [5.41, 5.74) is 5.52. The van der Waals surface area contributed by atoms with E-state index >= 15 is 0 Å². The summed E-state index contributed by atoms with van der Waals surface area (Å²) in [6, 6.07) is 7.50. The average molecular weight is 229 g/mol. The van der Waals surface area contributed by atoms with Gasteiger partial charge in [-0.1, -0.05) is 29.8 Å². The van der Waals surface area contributed by atoms with Gasteiger partial charge >= 0.3 is 0 Å². The van der Waals surface area contributed by atoms with E-state index in [0.29, 0.717) is 0 Å². The third-order valence-corrected chi connectivity index (χ3v) is 3.42. The molecule has 0 atom stereocenters. The van der Waals surface area contributed by atoms with E-state index in [1.807, 2.05) is 0 Å². The highest BCUT2D eigenvalue weighted by Gasteiger charge is 2.19. The normalized spacial score (nSPS) is 16.3. The highest BCUT2D eigenvalue weighted by Crippen LogP contribution is 2.21. The van der Waals surface area contributed by atoms with Gasteiger partial charge in [-0.3, -0.25) is 0 Å². The van der Waals surface area contributed by atoms with Gasteiger partial charge < -0.3 is 5.32 Å². The van der Waals surface area contributed by atoms with Crippen molar-refractivity contribution in [1.82, 2.24) is 5.32 Å². The molecule has 92 valence electrons. The van der Waals surface area contributed by atoms with E-state index in [1.165, 1.54) is 35.1 Å². The largest absolute Gasteiger partial charge is 0.314 e. The topological polar surface area (TPSA) is 12.0 Å². The summed E-state index contributed by atoms with van der Waals surface area (Å²) in [5.74, 6) is 0. The van der Waals surface area contributed by atoms with Crippen LogP contribution in [0.4, 0.5) is 0 Å². The van der Waals surface area contributed by atoms with Crippen molar-refractivity contribution in [2.45, 2.75) is 46.1 Å². The Labute approximate surface area is 105 Å². The number of allylic oxidation sites excluding steroid dienone is 1. The predicted octanol–water partition coefficient (Wildman–Crippen LogP) is 3.85. The molecule has 0 bridgehead atoms. The van der Waals surface area contributed by atoms with Crippen LogP contribution in [0.1, 0.15) is 42.9 Å². The van der Waals surface area contributed by atoms with E-state index in [9.17, 15) is 0 Å². The van der Waals surface area contributed by atoms with Crippen molar-refractivity contribution in [3.05, 3.63) is 41.0 Å². The number of hydrogen-bond acceptors (Lipinski definition) is 1.